The summed E-state index contributed by atoms with van der Waals surface area (Å²) in [6.07, 6.45) is 8.01. The molecule has 0 spiro atoms. The molecule has 0 unspecified atom stereocenters. The van der Waals surface area contributed by atoms with E-state index in [9.17, 15) is 8.78 Å². The Morgan fingerprint density at radius 3 is 2.83 bits per heavy atom. The van der Waals surface area contributed by atoms with Crippen molar-refractivity contribution in [3.05, 3.63) is 78.0 Å². The third kappa shape index (κ3) is 4.04. The lowest BCUT2D eigenvalue weighted by atomic mass is 10.1. The molecular weight excluding hydrogens is 374 g/mol. The van der Waals surface area contributed by atoms with Crippen LogP contribution in [0.2, 0.25) is 0 Å². The van der Waals surface area contributed by atoms with Crippen molar-refractivity contribution in [1.82, 2.24) is 19.4 Å². The van der Waals surface area contributed by atoms with E-state index in [4.69, 9.17) is 5.26 Å². The van der Waals surface area contributed by atoms with Gasteiger partial charge in [0.1, 0.15) is 17.7 Å². The van der Waals surface area contributed by atoms with E-state index in [1.54, 1.807) is 35.3 Å². The van der Waals surface area contributed by atoms with Gasteiger partial charge in [0.05, 0.1) is 11.3 Å². The fourth-order valence-corrected chi connectivity index (χ4v) is 2.99. The Hall–Kier alpha value is -3.86. The molecule has 3 heterocycles. The molecule has 3 aromatic heterocycles. The van der Waals surface area contributed by atoms with Gasteiger partial charge in [-0.25, -0.2) is 18.7 Å². The highest BCUT2D eigenvalue weighted by atomic mass is 19.1. The first kappa shape index (κ1) is 18.5. The Morgan fingerprint density at radius 1 is 1.14 bits per heavy atom. The number of nitrogens with one attached hydrogen (secondary N) is 1. The summed E-state index contributed by atoms with van der Waals surface area (Å²) in [6, 6.07) is 8.90. The van der Waals surface area contributed by atoms with Crippen molar-refractivity contribution in [3.63, 3.8) is 0 Å². The molecule has 0 saturated carbocycles. The zero-order valence-electron chi connectivity index (χ0n) is 15.3. The van der Waals surface area contributed by atoms with E-state index in [0.717, 1.165) is 36.7 Å². The molecule has 0 saturated heterocycles. The number of aryl methyl sites for hydroxylation is 1. The van der Waals surface area contributed by atoms with Crippen LogP contribution in [-0.2, 0) is 6.42 Å². The molecule has 0 aliphatic carbocycles. The number of halogens is 2. The van der Waals surface area contributed by atoms with Gasteiger partial charge in [0.25, 0.3) is 0 Å². The van der Waals surface area contributed by atoms with Crippen LogP contribution in [-0.4, -0.2) is 25.9 Å². The topological polar surface area (TPSA) is 78.9 Å². The van der Waals surface area contributed by atoms with E-state index in [1.807, 2.05) is 12.1 Å². The molecule has 144 valence electrons. The number of aromatic nitrogens is 4. The minimum absolute atomic E-state index is 0.0884. The fraction of sp³-hybridized carbons (Fsp3) is 0.143. The first-order chi connectivity index (χ1) is 14.1. The quantitative estimate of drug-likeness (QED) is 0.504. The highest BCUT2D eigenvalue weighted by molar-refractivity contribution is 5.69. The maximum atomic E-state index is 14.2. The summed E-state index contributed by atoms with van der Waals surface area (Å²) in [5, 5.41) is 12.0. The van der Waals surface area contributed by atoms with Crippen molar-refractivity contribution >= 4 is 11.5 Å². The van der Waals surface area contributed by atoms with Crippen LogP contribution in [0.4, 0.5) is 14.6 Å². The highest BCUT2D eigenvalue weighted by Gasteiger charge is 2.13. The van der Waals surface area contributed by atoms with Crippen LogP contribution in [0, 0.1) is 23.0 Å². The van der Waals surface area contributed by atoms with E-state index >= 15 is 0 Å². The number of pyridine rings is 1. The number of fused-ring (bicyclic) bond motifs is 1. The second kappa shape index (κ2) is 8.02. The maximum absolute atomic E-state index is 14.2. The third-order valence-corrected chi connectivity index (χ3v) is 4.43. The third-order valence-electron chi connectivity index (χ3n) is 4.43. The Balaban J connectivity index is 1.51. The average Bonchev–Trinajstić information content (AvgIpc) is 3.22. The number of nitrogens with zero attached hydrogens (tertiary/aromatic N) is 5. The first-order valence-electron chi connectivity index (χ1n) is 9.02. The van der Waals surface area contributed by atoms with Gasteiger partial charge in [-0.15, -0.1) is 0 Å². The van der Waals surface area contributed by atoms with Crippen LogP contribution in [0.5, 0.6) is 0 Å². The predicted molar refractivity (Wildman–Crippen MR) is 104 cm³/mol. The van der Waals surface area contributed by atoms with Gasteiger partial charge in [0.15, 0.2) is 11.5 Å². The van der Waals surface area contributed by atoms with E-state index in [0.29, 0.717) is 29.3 Å². The number of hydrogen-bond donors (Lipinski definition) is 1. The molecule has 0 amide bonds. The maximum Gasteiger partial charge on any atom is 0.180 e. The van der Waals surface area contributed by atoms with Gasteiger partial charge in [-0.05, 0) is 43.2 Å². The molecule has 1 aromatic carbocycles. The van der Waals surface area contributed by atoms with Gasteiger partial charge in [-0.3, -0.25) is 4.98 Å². The van der Waals surface area contributed by atoms with E-state index in [1.165, 1.54) is 0 Å². The van der Waals surface area contributed by atoms with Gasteiger partial charge >= 0.3 is 0 Å². The SMILES string of the molecule is N#Cc1ccc(CCCNc2nc(-c3cc(F)ccc3F)cn3ccnc23)nc1. The average molecular weight is 390 g/mol. The number of imidazole rings is 1. The van der Waals surface area contributed by atoms with Crippen molar-refractivity contribution < 1.29 is 8.78 Å². The smallest absolute Gasteiger partial charge is 0.180 e. The summed E-state index contributed by atoms with van der Waals surface area (Å²) in [6.45, 7) is 0.590. The number of benzene rings is 1. The van der Waals surface area contributed by atoms with Gasteiger partial charge in [-0.2, -0.15) is 5.26 Å². The highest BCUT2D eigenvalue weighted by Crippen LogP contribution is 2.25. The normalized spacial score (nSPS) is 10.8. The number of rotatable bonds is 6. The summed E-state index contributed by atoms with van der Waals surface area (Å²) in [5.74, 6) is -0.585. The van der Waals surface area contributed by atoms with E-state index in [-0.39, 0.29) is 5.56 Å². The molecule has 29 heavy (non-hydrogen) atoms. The molecule has 6 nitrogen and oxygen atoms in total. The summed E-state index contributed by atoms with van der Waals surface area (Å²) < 4.78 is 29.5. The molecule has 0 bridgehead atoms. The van der Waals surface area contributed by atoms with Crippen LogP contribution in [0.1, 0.15) is 17.7 Å². The largest absolute Gasteiger partial charge is 0.367 e. The lowest BCUT2D eigenvalue weighted by Gasteiger charge is -2.10. The predicted octanol–water partition coefficient (Wildman–Crippen LogP) is 3.99. The lowest BCUT2D eigenvalue weighted by molar-refractivity contribution is 0.602. The zero-order chi connectivity index (χ0) is 20.2. The monoisotopic (exact) mass is 390 g/mol. The summed E-state index contributed by atoms with van der Waals surface area (Å²) in [7, 11) is 0. The second-order valence-corrected chi connectivity index (χ2v) is 6.44. The van der Waals surface area contributed by atoms with Crippen LogP contribution < -0.4 is 5.32 Å². The van der Waals surface area contributed by atoms with Gasteiger partial charge in [0, 0.05) is 42.6 Å². The number of hydrogen-bond acceptors (Lipinski definition) is 5. The van der Waals surface area contributed by atoms with Crippen molar-refractivity contribution in [2.24, 2.45) is 0 Å². The molecule has 8 heteroatoms. The summed E-state index contributed by atoms with van der Waals surface area (Å²) in [4.78, 5) is 13.0. The minimum Gasteiger partial charge on any atom is -0.367 e. The molecule has 4 rings (SSSR count). The summed E-state index contributed by atoms with van der Waals surface area (Å²) >= 11 is 0. The number of anilines is 1. The van der Waals surface area contributed by atoms with E-state index in [2.05, 4.69) is 20.3 Å². The Kier molecular flexibility index (Phi) is 5.12. The molecule has 0 radical (unpaired) electrons. The van der Waals surface area contributed by atoms with Crippen LogP contribution >= 0.6 is 0 Å². The molecular formula is C21H16F2N6. The zero-order valence-corrected chi connectivity index (χ0v) is 15.3. The van der Waals surface area contributed by atoms with Crippen LogP contribution in [0.25, 0.3) is 16.9 Å². The Morgan fingerprint density at radius 2 is 2.03 bits per heavy atom. The van der Waals surface area contributed by atoms with Crippen molar-refractivity contribution in [2.75, 3.05) is 11.9 Å². The van der Waals surface area contributed by atoms with Crippen LogP contribution in [0.15, 0.2) is 55.1 Å². The molecule has 0 atom stereocenters. The molecule has 0 aliphatic rings. The van der Waals surface area contributed by atoms with Crippen molar-refractivity contribution in [2.45, 2.75) is 12.8 Å². The first-order valence-corrected chi connectivity index (χ1v) is 9.02. The Bertz CT molecular complexity index is 1190. The lowest BCUT2D eigenvalue weighted by Crippen LogP contribution is -2.08. The molecule has 0 aliphatic heterocycles. The number of nitriles is 1. The Labute approximate surface area is 165 Å². The minimum atomic E-state index is -0.545. The van der Waals surface area contributed by atoms with Crippen molar-refractivity contribution in [3.8, 4) is 17.3 Å². The van der Waals surface area contributed by atoms with Gasteiger partial charge in [0.2, 0.25) is 0 Å². The van der Waals surface area contributed by atoms with Crippen LogP contribution in [0.3, 0.4) is 0 Å². The second-order valence-electron chi connectivity index (χ2n) is 6.44. The summed E-state index contributed by atoms with van der Waals surface area (Å²) in [5.41, 5.74) is 2.41. The molecule has 4 aromatic rings. The van der Waals surface area contributed by atoms with Gasteiger partial charge < -0.3 is 9.72 Å². The van der Waals surface area contributed by atoms with E-state index < -0.39 is 11.6 Å². The fourth-order valence-electron chi connectivity index (χ4n) is 2.99. The standard InChI is InChI=1S/C21H16F2N6/c22-15-4-6-18(23)17(10-15)19-13-29-9-8-26-21(29)20(28-19)25-7-1-2-16-5-3-14(11-24)12-27-16/h3-6,8-10,12-13H,1-2,7H2,(H,25,28). The van der Waals surface area contributed by atoms with Crippen molar-refractivity contribution in [1.29, 1.82) is 5.26 Å². The molecule has 1 N–H and O–H groups in total. The van der Waals surface area contributed by atoms with Gasteiger partial charge in [-0.1, -0.05) is 0 Å². The molecule has 0 fully saturated rings.